The molecule has 0 amide bonds. The summed E-state index contributed by atoms with van der Waals surface area (Å²) in [6.45, 7) is 5.72. The van der Waals surface area contributed by atoms with Crippen LogP contribution in [0.25, 0.3) is 0 Å². The van der Waals surface area contributed by atoms with Crippen LogP contribution < -0.4 is 5.73 Å². The summed E-state index contributed by atoms with van der Waals surface area (Å²) in [7, 11) is -3.65. The summed E-state index contributed by atoms with van der Waals surface area (Å²) in [5.74, 6) is 0.227. The highest BCUT2D eigenvalue weighted by molar-refractivity contribution is 7.89. The second-order valence-corrected chi connectivity index (χ2v) is 6.34. The lowest BCUT2D eigenvalue weighted by Gasteiger charge is -2.22. The molecule has 0 aliphatic rings. The van der Waals surface area contributed by atoms with Gasteiger partial charge in [-0.3, -0.25) is 0 Å². The van der Waals surface area contributed by atoms with Crippen molar-refractivity contribution >= 4 is 15.9 Å². The molecular formula is C11H21N5O3S. The molecule has 1 atom stereocenters. The number of imidazole rings is 1. The third kappa shape index (κ3) is 3.48. The van der Waals surface area contributed by atoms with Crippen molar-refractivity contribution in [3.05, 3.63) is 12.0 Å². The summed E-state index contributed by atoms with van der Waals surface area (Å²) in [5.41, 5.74) is 5.49. The average molecular weight is 303 g/mol. The van der Waals surface area contributed by atoms with Crippen molar-refractivity contribution in [2.45, 2.75) is 32.2 Å². The molecule has 0 aromatic carbocycles. The third-order valence-corrected chi connectivity index (χ3v) is 4.86. The van der Waals surface area contributed by atoms with E-state index in [1.54, 1.807) is 13.8 Å². The van der Waals surface area contributed by atoms with Crippen LogP contribution in [0.1, 0.15) is 26.6 Å². The monoisotopic (exact) mass is 303 g/mol. The van der Waals surface area contributed by atoms with Gasteiger partial charge < -0.3 is 15.9 Å². The number of nitrogens with two attached hydrogens (primary N) is 1. The molecular weight excluding hydrogens is 282 g/mol. The summed E-state index contributed by atoms with van der Waals surface area (Å²) >= 11 is 0. The van der Waals surface area contributed by atoms with E-state index < -0.39 is 10.0 Å². The number of amidine groups is 1. The first kappa shape index (κ1) is 16.4. The summed E-state index contributed by atoms with van der Waals surface area (Å²) in [6.07, 6.45) is 1.94. The summed E-state index contributed by atoms with van der Waals surface area (Å²) in [6, 6.07) is 0. The summed E-state index contributed by atoms with van der Waals surface area (Å²) in [4.78, 5) is 6.78. The van der Waals surface area contributed by atoms with Crippen LogP contribution in [0, 0.1) is 5.92 Å². The van der Waals surface area contributed by atoms with Crippen molar-refractivity contribution < 1.29 is 13.6 Å². The van der Waals surface area contributed by atoms with Crippen LogP contribution in [-0.2, 0) is 16.4 Å². The first-order valence-corrected chi connectivity index (χ1v) is 7.82. The molecule has 0 aliphatic carbocycles. The highest BCUT2D eigenvalue weighted by atomic mass is 32.2. The van der Waals surface area contributed by atoms with Crippen LogP contribution >= 0.6 is 0 Å². The Bertz CT molecular complexity index is 566. The number of aromatic amines is 1. The van der Waals surface area contributed by atoms with Crippen LogP contribution in [0.15, 0.2) is 16.4 Å². The van der Waals surface area contributed by atoms with Crippen molar-refractivity contribution in [1.82, 2.24) is 14.3 Å². The molecule has 1 heterocycles. The minimum absolute atomic E-state index is 0.00231. The standard InChI is InChI=1S/C11H21N5O3S/c1-4-9-13-6-10(14-9)20(18,19)16(5-2)7-8(3)11(12)15-17/h6,8,17H,4-5,7H2,1-3H3,(H2,12,15)(H,13,14). The molecule has 1 unspecified atom stereocenters. The van der Waals surface area contributed by atoms with Gasteiger partial charge in [-0.05, 0) is 0 Å². The average Bonchev–Trinajstić information content (AvgIpc) is 2.92. The maximum Gasteiger partial charge on any atom is 0.260 e. The summed E-state index contributed by atoms with van der Waals surface area (Å²) in [5, 5.41) is 11.6. The van der Waals surface area contributed by atoms with E-state index in [0.717, 1.165) is 0 Å². The number of nitrogens with one attached hydrogen (secondary N) is 1. The Balaban J connectivity index is 2.98. The molecule has 0 fully saturated rings. The normalized spacial score (nSPS) is 14.7. The number of sulfonamides is 1. The quantitative estimate of drug-likeness (QED) is 0.290. The second-order valence-electron chi connectivity index (χ2n) is 4.43. The number of aryl methyl sites for hydroxylation is 1. The number of oxime groups is 1. The number of rotatable bonds is 7. The third-order valence-electron chi connectivity index (χ3n) is 3.01. The van der Waals surface area contributed by atoms with Gasteiger partial charge in [0.2, 0.25) is 0 Å². The van der Waals surface area contributed by atoms with Gasteiger partial charge in [0.05, 0.1) is 6.20 Å². The minimum Gasteiger partial charge on any atom is -0.409 e. The van der Waals surface area contributed by atoms with Gasteiger partial charge in [-0.1, -0.05) is 25.9 Å². The molecule has 0 spiro atoms. The molecule has 9 heteroatoms. The van der Waals surface area contributed by atoms with Gasteiger partial charge in [-0.2, -0.15) is 4.31 Å². The topological polar surface area (TPSA) is 125 Å². The Hall–Kier alpha value is -1.61. The van der Waals surface area contributed by atoms with Gasteiger partial charge in [-0.15, -0.1) is 0 Å². The van der Waals surface area contributed by atoms with Crippen LogP contribution in [0.5, 0.6) is 0 Å². The number of H-pyrrole nitrogens is 1. The Morgan fingerprint density at radius 1 is 1.60 bits per heavy atom. The van der Waals surface area contributed by atoms with Crippen LogP contribution in [-0.4, -0.2) is 46.8 Å². The zero-order valence-electron chi connectivity index (χ0n) is 11.9. The van der Waals surface area contributed by atoms with E-state index in [2.05, 4.69) is 15.1 Å². The van der Waals surface area contributed by atoms with Gasteiger partial charge in [-0.25, -0.2) is 13.4 Å². The predicted octanol–water partition coefficient (Wildman–Crippen LogP) is 0.365. The summed E-state index contributed by atoms with van der Waals surface area (Å²) < 4.78 is 26.2. The van der Waals surface area contributed by atoms with Crippen molar-refractivity contribution in [3.63, 3.8) is 0 Å². The number of aromatic nitrogens is 2. The highest BCUT2D eigenvalue weighted by Crippen LogP contribution is 2.15. The molecule has 1 aromatic heterocycles. The van der Waals surface area contributed by atoms with Gasteiger partial charge in [0.1, 0.15) is 11.7 Å². The van der Waals surface area contributed by atoms with E-state index >= 15 is 0 Å². The molecule has 1 aromatic rings. The second kappa shape index (κ2) is 6.71. The fourth-order valence-corrected chi connectivity index (χ4v) is 3.16. The lowest BCUT2D eigenvalue weighted by atomic mass is 10.1. The van der Waals surface area contributed by atoms with Crippen molar-refractivity contribution in [2.75, 3.05) is 13.1 Å². The Morgan fingerprint density at radius 3 is 2.70 bits per heavy atom. The fraction of sp³-hybridized carbons (Fsp3) is 0.636. The van der Waals surface area contributed by atoms with Gasteiger partial charge in [0.25, 0.3) is 10.0 Å². The number of nitrogens with zero attached hydrogens (tertiary/aromatic N) is 3. The molecule has 4 N–H and O–H groups in total. The highest BCUT2D eigenvalue weighted by Gasteiger charge is 2.27. The van der Waals surface area contributed by atoms with E-state index in [1.807, 2.05) is 6.92 Å². The maximum absolute atomic E-state index is 12.5. The largest absolute Gasteiger partial charge is 0.409 e. The molecule has 114 valence electrons. The number of hydrogen-bond acceptors (Lipinski definition) is 5. The molecule has 0 bridgehead atoms. The molecule has 0 aliphatic heterocycles. The molecule has 0 radical (unpaired) electrons. The molecule has 0 saturated heterocycles. The molecule has 1 rings (SSSR count). The first-order valence-electron chi connectivity index (χ1n) is 6.38. The van der Waals surface area contributed by atoms with E-state index in [1.165, 1.54) is 10.5 Å². The van der Waals surface area contributed by atoms with E-state index in [0.29, 0.717) is 12.2 Å². The first-order chi connectivity index (χ1) is 9.36. The van der Waals surface area contributed by atoms with Crippen molar-refractivity contribution in [1.29, 1.82) is 0 Å². The maximum atomic E-state index is 12.5. The van der Waals surface area contributed by atoms with Crippen LogP contribution in [0.2, 0.25) is 0 Å². The van der Waals surface area contributed by atoms with E-state index in [-0.39, 0.29) is 29.9 Å². The zero-order chi connectivity index (χ0) is 15.3. The van der Waals surface area contributed by atoms with Gasteiger partial charge in [0, 0.05) is 25.4 Å². The SMILES string of the molecule is CCc1ncc(S(=O)(=O)N(CC)CC(C)C(N)=NO)[nH]1. The fourth-order valence-electron chi connectivity index (χ4n) is 1.69. The molecule has 20 heavy (non-hydrogen) atoms. The van der Waals surface area contributed by atoms with Crippen molar-refractivity contribution in [2.24, 2.45) is 16.8 Å². The number of hydrogen-bond donors (Lipinski definition) is 3. The van der Waals surface area contributed by atoms with Gasteiger partial charge in [0.15, 0.2) is 5.03 Å². The predicted molar refractivity (Wildman–Crippen MR) is 75.0 cm³/mol. The van der Waals surface area contributed by atoms with Crippen LogP contribution in [0.4, 0.5) is 0 Å². The molecule has 0 saturated carbocycles. The van der Waals surface area contributed by atoms with E-state index in [4.69, 9.17) is 10.9 Å². The molecule has 8 nitrogen and oxygen atoms in total. The lowest BCUT2D eigenvalue weighted by molar-refractivity contribution is 0.311. The van der Waals surface area contributed by atoms with Gasteiger partial charge >= 0.3 is 0 Å². The smallest absolute Gasteiger partial charge is 0.260 e. The zero-order valence-corrected chi connectivity index (χ0v) is 12.7. The minimum atomic E-state index is -3.65. The Kier molecular flexibility index (Phi) is 5.52. The Morgan fingerprint density at radius 2 is 2.25 bits per heavy atom. The van der Waals surface area contributed by atoms with Crippen molar-refractivity contribution in [3.8, 4) is 0 Å². The Labute approximate surface area is 118 Å². The van der Waals surface area contributed by atoms with Crippen LogP contribution in [0.3, 0.4) is 0 Å². The van der Waals surface area contributed by atoms with E-state index in [9.17, 15) is 8.42 Å². The lowest BCUT2D eigenvalue weighted by Crippen LogP contribution is -2.38.